The van der Waals surface area contributed by atoms with Crippen LogP contribution in [-0.4, -0.2) is 18.4 Å². The molecule has 0 bridgehead atoms. The molecule has 0 radical (unpaired) electrons. The highest BCUT2D eigenvalue weighted by atomic mass is 35.5. The number of carbonyl (C=O) groups is 2. The van der Waals surface area contributed by atoms with E-state index in [-0.39, 0.29) is 18.2 Å². The maximum absolute atomic E-state index is 12.5. The molecule has 6 heteroatoms. The average Bonchev–Trinajstić information content (AvgIpc) is 3.00. The van der Waals surface area contributed by atoms with E-state index in [1.54, 1.807) is 23.1 Å². The predicted molar refractivity (Wildman–Crippen MR) is 101 cm³/mol. The number of carbonyl (C=O) groups excluding carboxylic acids is 2. The van der Waals surface area contributed by atoms with Gasteiger partial charge in [0.05, 0.1) is 16.0 Å². The van der Waals surface area contributed by atoms with Crippen LogP contribution in [0.4, 0.5) is 11.4 Å². The number of anilines is 2. The molecule has 2 aromatic rings. The number of hydrogen-bond donors (Lipinski definition) is 1. The molecular formula is C19H18Cl2N2O2. The third-order valence-electron chi connectivity index (χ3n) is 4.34. The van der Waals surface area contributed by atoms with Crippen LogP contribution in [0, 0.1) is 5.92 Å². The van der Waals surface area contributed by atoms with E-state index in [0.717, 1.165) is 12.1 Å². The summed E-state index contributed by atoms with van der Waals surface area (Å²) in [6.07, 6.45) is 1.14. The van der Waals surface area contributed by atoms with E-state index in [4.69, 9.17) is 23.2 Å². The Bertz CT molecular complexity index is 806. The van der Waals surface area contributed by atoms with E-state index in [0.29, 0.717) is 22.3 Å². The van der Waals surface area contributed by atoms with Crippen molar-refractivity contribution in [3.05, 3.63) is 58.1 Å². The minimum absolute atomic E-state index is 0.0430. The van der Waals surface area contributed by atoms with Crippen LogP contribution in [0.25, 0.3) is 0 Å². The molecule has 2 aromatic carbocycles. The monoisotopic (exact) mass is 376 g/mol. The number of hydrogen-bond acceptors (Lipinski definition) is 2. The minimum Gasteiger partial charge on any atom is -0.326 e. The molecular weight excluding hydrogens is 359 g/mol. The summed E-state index contributed by atoms with van der Waals surface area (Å²) in [6.45, 7) is 2.46. The van der Waals surface area contributed by atoms with Crippen LogP contribution in [0.2, 0.25) is 10.0 Å². The second-order valence-corrected chi connectivity index (χ2v) is 6.86. The van der Waals surface area contributed by atoms with Crippen molar-refractivity contribution in [2.45, 2.75) is 19.8 Å². The molecule has 1 atom stereocenters. The van der Waals surface area contributed by atoms with Crippen LogP contribution < -0.4 is 10.2 Å². The van der Waals surface area contributed by atoms with Gasteiger partial charge in [-0.1, -0.05) is 42.3 Å². The molecule has 3 rings (SSSR count). The molecule has 130 valence electrons. The predicted octanol–water partition coefficient (Wildman–Crippen LogP) is 4.55. The molecule has 0 aromatic heterocycles. The number of halogens is 2. The molecule has 1 aliphatic heterocycles. The molecule has 1 aliphatic rings. The van der Waals surface area contributed by atoms with Gasteiger partial charge in [0.1, 0.15) is 0 Å². The Balaban J connectivity index is 1.68. The number of rotatable bonds is 4. The summed E-state index contributed by atoms with van der Waals surface area (Å²) < 4.78 is 0. The maximum Gasteiger partial charge on any atom is 0.229 e. The molecule has 4 nitrogen and oxygen atoms in total. The molecule has 1 N–H and O–H groups in total. The Morgan fingerprint density at radius 1 is 1.16 bits per heavy atom. The van der Waals surface area contributed by atoms with Gasteiger partial charge < -0.3 is 10.2 Å². The van der Waals surface area contributed by atoms with Crippen LogP contribution >= 0.6 is 23.2 Å². The zero-order valence-electron chi connectivity index (χ0n) is 13.8. The van der Waals surface area contributed by atoms with E-state index >= 15 is 0 Å². The van der Waals surface area contributed by atoms with Crippen molar-refractivity contribution in [2.75, 3.05) is 16.8 Å². The molecule has 0 aliphatic carbocycles. The first-order chi connectivity index (χ1) is 12.0. The number of nitrogens with one attached hydrogen (secondary N) is 1. The Kier molecular flexibility index (Phi) is 5.30. The van der Waals surface area contributed by atoms with E-state index < -0.39 is 5.92 Å². The lowest BCUT2D eigenvalue weighted by atomic mass is 10.1. The molecule has 0 spiro atoms. The van der Waals surface area contributed by atoms with E-state index in [2.05, 4.69) is 12.2 Å². The first-order valence-corrected chi connectivity index (χ1v) is 8.88. The van der Waals surface area contributed by atoms with Crippen LogP contribution in [0.1, 0.15) is 18.9 Å². The Labute approximate surface area is 156 Å². The van der Waals surface area contributed by atoms with E-state index in [1.165, 1.54) is 5.56 Å². The summed E-state index contributed by atoms with van der Waals surface area (Å²) in [5, 5.41) is 3.60. The summed E-state index contributed by atoms with van der Waals surface area (Å²) in [4.78, 5) is 26.4. The number of aryl methyl sites for hydroxylation is 1. The lowest BCUT2D eigenvalue weighted by Gasteiger charge is -2.17. The van der Waals surface area contributed by atoms with Crippen molar-refractivity contribution in [3.8, 4) is 0 Å². The third kappa shape index (κ3) is 3.97. The smallest absolute Gasteiger partial charge is 0.229 e. The second kappa shape index (κ2) is 7.46. The molecule has 1 fully saturated rings. The second-order valence-electron chi connectivity index (χ2n) is 6.04. The number of nitrogens with zero attached hydrogens (tertiary/aromatic N) is 1. The number of amides is 2. The van der Waals surface area contributed by atoms with Crippen molar-refractivity contribution in [3.63, 3.8) is 0 Å². The topological polar surface area (TPSA) is 49.4 Å². The van der Waals surface area contributed by atoms with Gasteiger partial charge in [0, 0.05) is 24.3 Å². The normalized spacial score (nSPS) is 17.0. The summed E-state index contributed by atoms with van der Waals surface area (Å²) in [7, 11) is 0. The van der Waals surface area contributed by atoms with Crippen molar-refractivity contribution < 1.29 is 9.59 Å². The first kappa shape index (κ1) is 17.8. The zero-order valence-corrected chi connectivity index (χ0v) is 15.3. The van der Waals surface area contributed by atoms with Gasteiger partial charge >= 0.3 is 0 Å². The molecule has 25 heavy (non-hydrogen) atoms. The molecule has 0 unspecified atom stereocenters. The average molecular weight is 377 g/mol. The highest BCUT2D eigenvalue weighted by Gasteiger charge is 2.35. The quantitative estimate of drug-likeness (QED) is 0.850. The Hall–Kier alpha value is -2.04. The number of benzene rings is 2. The Morgan fingerprint density at radius 2 is 1.88 bits per heavy atom. The molecule has 1 saturated heterocycles. The SMILES string of the molecule is CCc1ccc(N2C[C@@H](C(=O)Nc3ccc(Cl)c(Cl)c3)CC2=O)cc1. The summed E-state index contributed by atoms with van der Waals surface area (Å²) in [6, 6.07) is 12.8. The van der Waals surface area contributed by atoms with Gasteiger partial charge in [0.25, 0.3) is 0 Å². The lowest BCUT2D eigenvalue weighted by molar-refractivity contribution is -0.122. The molecule has 2 amide bonds. The van der Waals surface area contributed by atoms with Crippen molar-refractivity contribution in [1.82, 2.24) is 0 Å². The molecule has 0 saturated carbocycles. The van der Waals surface area contributed by atoms with Gasteiger partial charge in [-0.05, 0) is 42.3 Å². The van der Waals surface area contributed by atoms with Gasteiger partial charge in [-0.25, -0.2) is 0 Å². The van der Waals surface area contributed by atoms with E-state index in [1.807, 2.05) is 24.3 Å². The van der Waals surface area contributed by atoms with Gasteiger partial charge in [-0.2, -0.15) is 0 Å². The van der Waals surface area contributed by atoms with Gasteiger partial charge in [-0.3, -0.25) is 9.59 Å². The Morgan fingerprint density at radius 3 is 2.52 bits per heavy atom. The fourth-order valence-electron chi connectivity index (χ4n) is 2.86. The summed E-state index contributed by atoms with van der Waals surface area (Å²) >= 11 is 11.8. The van der Waals surface area contributed by atoms with E-state index in [9.17, 15) is 9.59 Å². The van der Waals surface area contributed by atoms with Gasteiger partial charge in [-0.15, -0.1) is 0 Å². The summed E-state index contributed by atoms with van der Waals surface area (Å²) in [5.41, 5.74) is 2.61. The summed E-state index contributed by atoms with van der Waals surface area (Å²) in [5.74, 6) is -0.634. The van der Waals surface area contributed by atoms with Crippen molar-refractivity contribution >= 4 is 46.4 Å². The van der Waals surface area contributed by atoms with Gasteiger partial charge in [0.2, 0.25) is 11.8 Å². The van der Waals surface area contributed by atoms with Crippen molar-refractivity contribution in [2.24, 2.45) is 5.92 Å². The van der Waals surface area contributed by atoms with Crippen LogP contribution in [0.5, 0.6) is 0 Å². The van der Waals surface area contributed by atoms with Crippen LogP contribution in [-0.2, 0) is 16.0 Å². The van der Waals surface area contributed by atoms with Crippen molar-refractivity contribution in [1.29, 1.82) is 0 Å². The largest absolute Gasteiger partial charge is 0.326 e. The molecule has 1 heterocycles. The van der Waals surface area contributed by atoms with Crippen LogP contribution in [0.3, 0.4) is 0 Å². The highest BCUT2D eigenvalue weighted by Crippen LogP contribution is 2.28. The lowest BCUT2D eigenvalue weighted by Crippen LogP contribution is -2.28. The maximum atomic E-state index is 12.5. The zero-order chi connectivity index (χ0) is 18.0. The third-order valence-corrected chi connectivity index (χ3v) is 5.08. The standard InChI is InChI=1S/C19H18Cl2N2O2/c1-2-12-3-6-15(7-4-12)23-11-13(9-18(23)24)19(25)22-14-5-8-16(20)17(21)10-14/h3-8,10,13H,2,9,11H2,1H3,(H,22,25)/t13-/m0/s1. The fraction of sp³-hybridized carbons (Fsp3) is 0.263. The van der Waals surface area contributed by atoms with Crippen LogP contribution in [0.15, 0.2) is 42.5 Å². The fourth-order valence-corrected chi connectivity index (χ4v) is 3.16. The first-order valence-electron chi connectivity index (χ1n) is 8.13. The van der Waals surface area contributed by atoms with Gasteiger partial charge in [0.15, 0.2) is 0 Å². The minimum atomic E-state index is -0.396. The highest BCUT2D eigenvalue weighted by molar-refractivity contribution is 6.42.